The summed E-state index contributed by atoms with van der Waals surface area (Å²) in [5, 5.41) is 41.1. The summed E-state index contributed by atoms with van der Waals surface area (Å²) in [5.74, 6) is 0. The standard InChI is InChI=1S/C56H28S2.2CH3.2Y.2Zn/c1-3-22-5-9-24(10-6-22)57-35-21-33-32-18-17-29-28-14-13-26-27-15-16-30-31-19-20-34-44-42(31)47-39(30)38(27)45-36(26)37(28)46-40(29)41(32)48-43(33)55(54(44)53-51(47)49(45)50(46)52(48)53)56(34,35)58-25-11-7-23(4-2)8-12-25;;;;;;/h5-21,35H,3-4H2,1-2H3;2*1H3;;;;/q;2*-1;;;;. The molecule has 0 aromatic heterocycles. The molecule has 0 heterocycles. The van der Waals surface area contributed by atoms with E-state index >= 15 is 0 Å². The van der Waals surface area contributed by atoms with E-state index < -0.39 is 0 Å². The van der Waals surface area contributed by atoms with E-state index in [4.69, 9.17) is 0 Å². The van der Waals surface area contributed by atoms with Crippen LogP contribution in [0.2, 0.25) is 0 Å². The third-order valence-electron chi connectivity index (χ3n) is 16.2. The van der Waals surface area contributed by atoms with Crippen LogP contribution in [0, 0.1) is 14.9 Å². The van der Waals surface area contributed by atoms with Gasteiger partial charge in [-0.1, -0.05) is 92.7 Å². The molecule has 0 saturated heterocycles. The molecule has 0 amide bonds. The van der Waals surface area contributed by atoms with Crippen LogP contribution in [0.25, 0.3) is 146 Å². The van der Waals surface area contributed by atoms with Gasteiger partial charge in [0.05, 0.1) is 10.00 Å². The van der Waals surface area contributed by atoms with Crippen LogP contribution in [0.4, 0.5) is 0 Å². The van der Waals surface area contributed by atoms with Gasteiger partial charge < -0.3 is 14.9 Å². The van der Waals surface area contributed by atoms with Gasteiger partial charge in [0.2, 0.25) is 0 Å². The van der Waals surface area contributed by atoms with Crippen molar-refractivity contribution >= 4 is 170 Å². The predicted octanol–water partition coefficient (Wildman–Crippen LogP) is 16.1. The molecule has 2 atom stereocenters. The molecule has 0 nitrogen and oxygen atoms in total. The second-order valence-electron chi connectivity index (χ2n) is 18.1. The van der Waals surface area contributed by atoms with Gasteiger partial charge in [0, 0.05) is 114 Å². The van der Waals surface area contributed by atoms with Crippen LogP contribution < -0.4 is 5.22 Å². The number of thioether (sulfide) groups is 2. The minimum atomic E-state index is -0.327. The minimum absolute atomic E-state index is 0. The van der Waals surface area contributed by atoms with Gasteiger partial charge in [-0.25, -0.2) is 0 Å². The van der Waals surface area contributed by atoms with Crippen LogP contribution in [0.15, 0.2) is 107 Å². The zero-order valence-corrected chi connectivity index (χ0v) is 49.4. The van der Waals surface area contributed by atoms with Crippen molar-refractivity contribution in [2.75, 3.05) is 0 Å². The average molecular weight is 1100 g/mol. The monoisotopic (exact) mass is 1100 g/mol. The van der Waals surface area contributed by atoms with Crippen molar-refractivity contribution in [3.05, 3.63) is 139 Å². The SMILES string of the molecule is CCc1ccc(SC2C=c3c4ccc5c6ccc7c8ccc9c%10ccc%11c%12c%13c(c3c3c4c5c4c6c7c5c8c9c(c%10%12)c6c%13c3c4c56)C%112Sc2ccc(CC)cc2)cc1.[CH3-].[CH3-].[Y].[Y].[Zn].[Zn]. The zero-order chi connectivity index (χ0) is 37.0. The van der Waals surface area contributed by atoms with E-state index in [1.807, 2.05) is 0 Å². The summed E-state index contributed by atoms with van der Waals surface area (Å²) < 4.78 is -0.327. The van der Waals surface area contributed by atoms with Gasteiger partial charge >= 0.3 is 0 Å². The largest absolute Gasteiger partial charge is 0.358 e. The molecule has 2 unspecified atom stereocenters. The summed E-state index contributed by atoms with van der Waals surface area (Å²) in [4.78, 5) is 2.71. The molecule has 64 heavy (non-hydrogen) atoms. The number of fused-ring (bicyclic) bond motifs is 5. The Labute approximate surface area is 454 Å². The molecule has 2 aliphatic carbocycles. The Morgan fingerprint density at radius 1 is 0.391 bits per heavy atom. The predicted molar refractivity (Wildman–Crippen MR) is 266 cm³/mol. The average Bonchev–Trinajstić information content (AvgIpc) is 4.09. The fourth-order valence-electron chi connectivity index (χ4n) is 14.2. The molecule has 16 aromatic carbocycles. The zero-order valence-electron chi connectivity index (χ0n) is 36.2. The first-order valence-electron chi connectivity index (χ1n) is 21.2. The van der Waals surface area contributed by atoms with E-state index in [1.54, 1.807) is 70.2 Å². The Bertz CT molecular complexity index is 4500. The molecule has 18 rings (SSSR count). The van der Waals surface area contributed by atoms with Gasteiger partial charge in [-0.3, -0.25) is 0 Å². The fourth-order valence-corrected chi connectivity index (χ4v) is 17.1. The Balaban J connectivity index is 0.000000721. The van der Waals surface area contributed by atoms with Crippen LogP contribution in [0.5, 0.6) is 0 Å². The maximum atomic E-state index is 2.75. The van der Waals surface area contributed by atoms with E-state index in [-0.39, 0.29) is 129 Å². The topological polar surface area (TPSA) is 0 Å². The van der Waals surface area contributed by atoms with Crippen molar-refractivity contribution in [3.8, 4) is 0 Å². The van der Waals surface area contributed by atoms with Crippen molar-refractivity contribution in [2.24, 2.45) is 0 Å². The molecule has 0 spiro atoms. The molecule has 0 bridgehead atoms. The molecule has 0 aliphatic heterocycles. The van der Waals surface area contributed by atoms with Gasteiger partial charge in [0.15, 0.2) is 0 Å². The van der Waals surface area contributed by atoms with Crippen LogP contribution in [-0.4, -0.2) is 5.25 Å². The normalized spacial score (nSPS) is 17.1. The first kappa shape index (κ1) is 43.0. The van der Waals surface area contributed by atoms with E-state index in [0.717, 1.165) is 12.8 Å². The molecule has 2 aliphatic rings. The van der Waals surface area contributed by atoms with Gasteiger partial charge in [-0.15, -0.1) is 23.5 Å². The van der Waals surface area contributed by atoms with E-state index in [2.05, 4.69) is 141 Å². The number of hydrogen-bond donors (Lipinski definition) is 0. The summed E-state index contributed by atoms with van der Waals surface area (Å²) in [6.45, 7) is 4.53. The van der Waals surface area contributed by atoms with Crippen molar-refractivity contribution < 1.29 is 104 Å². The van der Waals surface area contributed by atoms with Gasteiger partial charge in [0.1, 0.15) is 0 Å². The van der Waals surface area contributed by atoms with E-state index in [9.17, 15) is 0 Å². The van der Waals surface area contributed by atoms with Crippen molar-refractivity contribution in [2.45, 2.75) is 46.5 Å². The van der Waals surface area contributed by atoms with E-state index in [0.29, 0.717) is 0 Å². The summed E-state index contributed by atoms with van der Waals surface area (Å²) in [6.07, 6.45) is 4.86. The summed E-state index contributed by atoms with van der Waals surface area (Å²) in [6, 6.07) is 39.2. The molecular formula is C58H34S2Y2Zn2-2. The van der Waals surface area contributed by atoms with E-state index in [1.165, 1.54) is 107 Å². The first-order chi connectivity index (χ1) is 28.7. The van der Waals surface area contributed by atoms with Crippen molar-refractivity contribution in [1.82, 2.24) is 0 Å². The number of rotatable bonds is 6. The summed E-state index contributed by atoms with van der Waals surface area (Å²) in [5.41, 5.74) is 5.92. The Hall–Kier alpha value is -2.35. The minimum Gasteiger partial charge on any atom is -0.358 e. The fraction of sp³-hybridized carbons (Fsp3) is 0.103. The number of aryl methyl sites for hydroxylation is 2. The second kappa shape index (κ2) is 13.5. The number of hydrogen-bond acceptors (Lipinski definition) is 2. The van der Waals surface area contributed by atoms with Crippen LogP contribution in [-0.2, 0) is 122 Å². The third-order valence-corrected chi connectivity index (χ3v) is 19.1. The van der Waals surface area contributed by atoms with Gasteiger partial charge in [-0.05, 0) is 205 Å². The van der Waals surface area contributed by atoms with Crippen LogP contribution in [0.1, 0.15) is 36.1 Å². The second-order valence-corrected chi connectivity index (χ2v) is 20.6. The van der Waals surface area contributed by atoms with Crippen molar-refractivity contribution in [1.29, 1.82) is 0 Å². The number of benzene rings is 11. The Morgan fingerprint density at radius 3 is 1.22 bits per heavy atom. The Kier molecular flexibility index (Phi) is 9.03. The van der Waals surface area contributed by atoms with Gasteiger partial charge in [-0.2, -0.15) is 0 Å². The molecule has 2 radical (unpaired) electrons. The van der Waals surface area contributed by atoms with Crippen LogP contribution >= 0.6 is 23.5 Å². The maximum absolute atomic E-state index is 2.75. The molecule has 0 saturated carbocycles. The molecular weight excluding hydrogens is 1070 g/mol. The summed E-state index contributed by atoms with van der Waals surface area (Å²) in [7, 11) is 0. The van der Waals surface area contributed by atoms with Crippen molar-refractivity contribution in [3.63, 3.8) is 0 Å². The van der Waals surface area contributed by atoms with Gasteiger partial charge in [0.25, 0.3) is 0 Å². The molecule has 16 aromatic rings. The molecule has 0 N–H and O–H groups in total. The first-order valence-corrected chi connectivity index (χ1v) is 22.9. The third kappa shape index (κ3) is 4.07. The summed E-state index contributed by atoms with van der Waals surface area (Å²) >= 11 is 4.24. The quantitative estimate of drug-likeness (QED) is 0.0925. The molecule has 6 heteroatoms. The molecule has 0 fully saturated rings. The smallest absolute Gasteiger partial charge is 0.0879 e. The molecule has 290 valence electrons. The Morgan fingerprint density at radius 2 is 0.750 bits per heavy atom. The van der Waals surface area contributed by atoms with Crippen LogP contribution in [0.3, 0.4) is 0 Å². The maximum Gasteiger partial charge on any atom is 0.0879 e.